The molecule has 0 aliphatic heterocycles. The van der Waals surface area contributed by atoms with E-state index in [0.717, 1.165) is 9.52 Å². The Kier molecular flexibility index (Phi) is 15.9. The molecule has 0 bridgehead atoms. The van der Waals surface area contributed by atoms with Crippen LogP contribution in [0.1, 0.15) is 50.7 Å². The molecule has 0 N–H and O–H groups in total. The summed E-state index contributed by atoms with van der Waals surface area (Å²) in [6.45, 7) is 13.3. The van der Waals surface area contributed by atoms with Crippen LogP contribution in [0.3, 0.4) is 0 Å². The maximum atomic E-state index is 4.93. The van der Waals surface area contributed by atoms with Crippen molar-refractivity contribution in [2.75, 3.05) is 0 Å². The second-order valence-electron chi connectivity index (χ2n) is 13.9. The van der Waals surface area contributed by atoms with Gasteiger partial charge in [0.15, 0.2) is 0 Å². The Morgan fingerprint density at radius 3 is 1.00 bits per heavy atom. The van der Waals surface area contributed by atoms with Crippen molar-refractivity contribution < 1.29 is 20.8 Å². The first-order valence-corrected chi connectivity index (χ1v) is 26.9. The van der Waals surface area contributed by atoms with Gasteiger partial charge in [-0.2, -0.15) is 12.1 Å². The molecule has 270 valence electrons. The molecule has 8 aromatic rings. The Hall–Kier alpha value is -3.78. The van der Waals surface area contributed by atoms with E-state index in [4.69, 9.17) is 17.0 Å². The van der Waals surface area contributed by atoms with Gasteiger partial charge in [-0.15, -0.1) is 56.9 Å². The molecule has 0 nitrogen and oxygen atoms in total. The predicted octanol–water partition coefficient (Wildman–Crippen LogP) is 16.2. The summed E-state index contributed by atoms with van der Waals surface area (Å²) in [5.41, 5.74) is 13.2. The molecule has 0 aromatic heterocycles. The number of hydrogen-bond acceptors (Lipinski definition) is 0. The molecule has 0 aliphatic rings. The topological polar surface area (TPSA) is 0 Å². The van der Waals surface area contributed by atoms with Gasteiger partial charge in [0.05, 0.1) is 0 Å². The molecule has 0 saturated carbocycles. The Labute approximate surface area is 344 Å². The summed E-state index contributed by atoms with van der Waals surface area (Å²) in [6, 6.07) is 61.3. The van der Waals surface area contributed by atoms with E-state index in [-0.39, 0.29) is 0 Å². The van der Waals surface area contributed by atoms with E-state index in [1.165, 1.54) is 77.2 Å². The van der Waals surface area contributed by atoms with Crippen molar-refractivity contribution in [3.8, 4) is 44.5 Å². The van der Waals surface area contributed by atoms with Crippen LogP contribution < -0.4 is 0 Å². The molecular formula is C50H48Cl2SiZr. The van der Waals surface area contributed by atoms with Crippen molar-refractivity contribution in [3.05, 3.63) is 181 Å². The third-order valence-corrected chi connectivity index (χ3v) is 9.45. The predicted molar refractivity (Wildman–Crippen MR) is 238 cm³/mol. The summed E-state index contributed by atoms with van der Waals surface area (Å²) >= 11 is -0.826. The van der Waals surface area contributed by atoms with Gasteiger partial charge in [-0.05, 0) is 45.2 Å². The number of benzene rings is 6. The summed E-state index contributed by atoms with van der Waals surface area (Å²) in [6.07, 6.45) is 0. The molecule has 0 heterocycles. The SMILES string of the molecule is CC(C)c1cc2c(-c3ccccc3)c(-c3ccccc3)ccc2[cH-]1.CC(C)c1cc2c(-c3ccccc3)c(-c3ccccc3)ccc2[cH-]1.C[Si]C.[Cl][Zr+2][Cl]. The number of rotatable bonds is 6. The van der Waals surface area contributed by atoms with E-state index >= 15 is 0 Å². The quantitative estimate of drug-likeness (QED) is 0.116. The van der Waals surface area contributed by atoms with Crippen molar-refractivity contribution in [1.29, 1.82) is 0 Å². The summed E-state index contributed by atoms with van der Waals surface area (Å²) in [5.74, 6) is 1.09. The fraction of sp³-hybridized carbons (Fsp3) is 0.160. The van der Waals surface area contributed by atoms with Gasteiger partial charge in [0, 0.05) is 9.52 Å². The van der Waals surface area contributed by atoms with Crippen molar-refractivity contribution in [3.63, 3.8) is 0 Å². The Morgan fingerprint density at radius 1 is 0.444 bits per heavy atom. The molecule has 2 radical (unpaired) electrons. The van der Waals surface area contributed by atoms with Crippen LogP contribution in [0, 0.1) is 0 Å². The zero-order valence-corrected chi connectivity index (χ0v) is 37.0. The zero-order chi connectivity index (χ0) is 38.5. The summed E-state index contributed by atoms with van der Waals surface area (Å²) in [5, 5.41) is 5.37. The van der Waals surface area contributed by atoms with E-state index < -0.39 is 20.8 Å². The van der Waals surface area contributed by atoms with E-state index in [1.807, 2.05) is 0 Å². The molecule has 54 heavy (non-hydrogen) atoms. The maximum absolute atomic E-state index is 4.93. The monoisotopic (exact) mass is 836 g/mol. The average molecular weight is 839 g/mol. The first kappa shape index (κ1) is 41.4. The van der Waals surface area contributed by atoms with Crippen LogP contribution >= 0.6 is 17.0 Å². The Balaban J connectivity index is 0.000000182. The van der Waals surface area contributed by atoms with Crippen LogP contribution in [-0.2, 0) is 20.8 Å². The molecular weight excluding hydrogens is 791 g/mol. The second kappa shape index (κ2) is 20.8. The number of fused-ring (bicyclic) bond motifs is 2. The Morgan fingerprint density at radius 2 is 0.722 bits per heavy atom. The van der Waals surface area contributed by atoms with E-state index in [2.05, 4.69) is 211 Å². The van der Waals surface area contributed by atoms with Gasteiger partial charge in [-0.3, -0.25) is 0 Å². The average Bonchev–Trinajstić information content (AvgIpc) is 3.85. The number of halogens is 2. The van der Waals surface area contributed by atoms with Gasteiger partial charge < -0.3 is 0 Å². The Bertz CT molecular complexity index is 2140. The van der Waals surface area contributed by atoms with Crippen molar-refractivity contribution >= 4 is 48.1 Å². The van der Waals surface area contributed by atoms with Crippen LogP contribution in [-0.4, -0.2) is 9.52 Å². The van der Waals surface area contributed by atoms with Crippen LogP contribution in [0.2, 0.25) is 13.1 Å². The fourth-order valence-corrected chi connectivity index (χ4v) is 6.82. The summed E-state index contributed by atoms with van der Waals surface area (Å²) in [7, 11) is 11.0. The number of hydrogen-bond donors (Lipinski definition) is 0. The molecule has 8 aromatic carbocycles. The van der Waals surface area contributed by atoms with Gasteiger partial charge in [0.25, 0.3) is 0 Å². The first-order chi connectivity index (χ1) is 26.3. The van der Waals surface area contributed by atoms with Crippen LogP contribution in [0.25, 0.3) is 66.1 Å². The minimum atomic E-state index is -0.826. The van der Waals surface area contributed by atoms with Crippen molar-refractivity contribution in [1.82, 2.24) is 0 Å². The molecule has 0 fully saturated rings. The third kappa shape index (κ3) is 10.3. The van der Waals surface area contributed by atoms with E-state index in [9.17, 15) is 0 Å². The van der Waals surface area contributed by atoms with Crippen LogP contribution in [0.4, 0.5) is 0 Å². The third-order valence-electron chi connectivity index (χ3n) is 9.45. The normalized spacial score (nSPS) is 10.6. The van der Waals surface area contributed by atoms with Gasteiger partial charge in [0.2, 0.25) is 0 Å². The van der Waals surface area contributed by atoms with Gasteiger partial charge in [0.1, 0.15) is 0 Å². The van der Waals surface area contributed by atoms with Gasteiger partial charge in [-0.25, -0.2) is 0 Å². The summed E-state index contributed by atoms with van der Waals surface area (Å²) in [4.78, 5) is 0. The zero-order valence-electron chi connectivity index (χ0n) is 32.1. The molecule has 0 aliphatic carbocycles. The standard InChI is InChI=1S/2C24H21.C2H6Si.2ClH.Zr/c2*1-17(2)21-15-20-13-14-22(18-9-5-3-6-10-18)24(23(20)16-21)19-11-7-4-8-12-19;1-3-2;;;/h2*3-17H,1-2H3;1-2H3;2*1H;/q2*-1;;;;+4/p-2. The van der Waals surface area contributed by atoms with Crippen LogP contribution in [0.15, 0.2) is 170 Å². The molecule has 8 rings (SSSR count). The molecule has 0 atom stereocenters. The van der Waals surface area contributed by atoms with Gasteiger partial charge >= 0.3 is 37.9 Å². The molecule has 0 saturated heterocycles. The molecule has 0 spiro atoms. The second-order valence-corrected chi connectivity index (χ2v) is 18.6. The molecule has 0 unspecified atom stereocenters. The van der Waals surface area contributed by atoms with E-state index in [0.29, 0.717) is 11.8 Å². The van der Waals surface area contributed by atoms with Crippen LogP contribution in [0.5, 0.6) is 0 Å². The van der Waals surface area contributed by atoms with Gasteiger partial charge in [-0.1, -0.05) is 185 Å². The minimum absolute atomic E-state index is 0.543. The first-order valence-electron chi connectivity index (χ1n) is 18.5. The summed E-state index contributed by atoms with van der Waals surface area (Å²) < 4.78 is 0. The van der Waals surface area contributed by atoms with E-state index in [1.54, 1.807) is 0 Å². The molecule has 4 heteroatoms. The molecule has 0 amide bonds. The van der Waals surface area contributed by atoms with Crippen molar-refractivity contribution in [2.24, 2.45) is 0 Å². The van der Waals surface area contributed by atoms with Crippen molar-refractivity contribution in [2.45, 2.75) is 52.6 Å². The fourth-order valence-electron chi connectivity index (χ4n) is 6.82.